The lowest BCUT2D eigenvalue weighted by atomic mass is 10.0. The number of ether oxygens (including phenoxy) is 1. The lowest BCUT2D eigenvalue weighted by molar-refractivity contribution is 0.269. The van der Waals surface area contributed by atoms with Crippen LogP contribution in [0, 0.1) is 11.3 Å². The van der Waals surface area contributed by atoms with E-state index in [-0.39, 0.29) is 0 Å². The summed E-state index contributed by atoms with van der Waals surface area (Å²) < 4.78 is 5.72. The lowest BCUT2D eigenvalue weighted by Crippen LogP contribution is -2.42. The number of aryl methyl sites for hydroxylation is 1. The minimum atomic E-state index is -0.504. The molecule has 0 saturated carbocycles. The Bertz CT molecular complexity index is 422. The number of nitrogens with zero attached hydrogens (tertiary/aromatic N) is 1. The molecule has 1 aromatic rings. The van der Waals surface area contributed by atoms with Crippen molar-refractivity contribution in [3.8, 4) is 11.8 Å². The Labute approximate surface area is 123 Å². The molecule has 3 heteroatoms. The van der Waals surface area contributed by atoms with Gasteiger partial charge in [0.05, 0.1) is 12.7 Å². The molecule has 1 unspecified atom stereocenters. The van der Waals surface area contributed by atoms with Crippen LogP contribution in [0.1, 0.15) is 45.6 Å². The van der Waals surface area contributed by atoms with Crippen LogP contribution in [0.3, 0.4) is 0 Å². The van der Waals surface area contributed by atoms with E-state index in [1.165, 1.54) is 18.4 Å². The van der Waals surface area contributed by atoms with Crippen molar-refractivity contribution >= 4 is 0 Å². The van der Waals surface area contributed by atoms with Crippen LogP contribution in [0.25, 0.3) is 0 Å². The molecular formula is C17H26N2O. The third-order valence-electron chi connectivity index (χ3n) is 3.43. The van der Waals surface area contributed by atoms with E-state index in [0.29, 0.717) is 13.0 Å². The van der Waals surface area contributed by atoms with E-state index >= 15 is 0 Å². The average Bonchev–Trinajstić information content (AvgIpc) is 2.47. The second-order valence-corrected chi connectivity index (χ2v) is 5.32. The minimum Gasteiger partial charge on any atom is -0.493 e. The predicted molar refractivity (Wildman–Crippen MR) is 82.9 cm³/mol. The Morgan fingerprint density at radius 3 is 2.50 bits per heavy atom. The van der Waals surface area contributed by atoms with Gasteiger partial charge in [0, 0.05) is 6.42 Å². The maximum Gasteiger partial charge on any atom is 0.119 e. The van der Waals surface area contributed by atoms with Crippen molar-refractivity contribution in [2.45, 2.75) is 52.0 Å². The Kier molecular flexibility index (Phi) is 7.11. The zero-order valence-electron chi connectivity index (χ0n) is 12.9. The van der Waals surface area contributed by atoms with Gasteiger partial charge >= 0.3 is 0 Å². The molecule has 20 heavy (non-hydrogen) atoms. The van der Waals surface area contributed by atoms with Crippen LogP contribution in [0.4, 0.5) is 0 Å². The molecule has 0 amide bonds. The molecule has 1 aromatic carbocycles. The van der Waals surface area contributed by atoms with Crippen molar-refractivity contribution in [3.63, 3.8) is 0 Å². The first-order valence-electron chi connectivity index (χ1n) is 7.51. The third kappa shape index (κ3) is 5.63. The predicted octanol–water partition coefficient (Wildman–Crippen LogP) is 3.69. The summed E-state index contributed by atoms with van der Waals surface area (Å²) in [5, 5.41) is 12.4. The van der Waals surface area contributed by atoms with Crippen LogP contribution in [0.2, 0.25) is 0 Å². The molecule has 0 spiro atoms. The van der Waals surface area contributed by atoms with Gasteiger partial charge in [-0.25, -0.2) is 0 Å². The van der Waals surface area contributed by atoms with Gasteiger partial charge in [-0.2, -0.15) is 5.26 Å². The van der Waals surface area contributed by atoms with Gasteiger partial charge in [0.15, 0.2) is 0 Å². The fraction of sp³-hybridized carbons (Fsp3) is 0.588. The fourth-order valence-corrected chi connectivity index (χ4v) is 2.08. The lowest BCUT2D eigenvalue weighted by Gasteiger charge is -2.22. The SMILES string of the molecule is CCCCc1ccc(OCCC(C)(C#N)NCC)cc1. The summed E-state index contributed by atoms with van der Waals surface area (Å²) in [5.74, 6) is 0.877. The Hall–Kier alpha value is -1.53. The molecule has 0 saturated heterocycles. The number of unbranched alkanes of at least 4 members (excludes halogenated alkanes) is 1. The van der Waals surface area contributed by atoms with E-state index in [2.05, 4.69) is 30.4 Å². The molecule has 3 nitrogen and oxygen atoms in total. The summed E-state index contributed by atoms with van der Waals surface area (Å²) >= 11 is 0. The van der Waals surface area contributed by atoms with Crippen LogP contribution in [-0.2, 0) is 6.42 Å². The molecule has 0 aliphatic heterocycles. The van der Waals surface area contributed by atoms with E-state index in [9.17, 15) is 0 Å². The van der Waals surface area contributed by atoms with Gasteiger partial charge in [-0.05, 0) is 44.0 Å². The van der Waals surface area contributed by atoms with E-state index in [0.717, 1.165) is 18.7 Å². The van der Waals surface area contributed by atoms with E-state index in [1.54, 1.807) is 0 Å². The van der Waals surface area contributed by atoms with Crippen molar-refractivity contribution in [2.75, 3.05) is 13.2 Å². The molecule has 1 rings (SSSR count). The molecule has 0 aliphatic rings. The Balaban J connectivity index is 2.40. The van der Waals surface area contributed by atoms with Gasteiger partial charge in [-0.3, -0.25) is 5.32 Å². The third-order valence-corrected chi connectivity index (χ3v) is 3.43. The summed E-state index contributed by atoms with van der Waals surface area (Å²) in [5.41, 5.74) is 0.851. The monoisotopic (exact) mass is 274 g/mol. The molecule has 0 aliphatic carbocycles. The average molecular weight is 274 g/mol. The molecule has 0 fully saturated rings. The molecule has 1 N–H and O–H groups in total. The maximum atomic E-state index is 9.16. The molecule has 0 aromatic heterocycles. The number of rotatable bonds is 9. The highest BCUT2D eigenvalue weighted by Gasteiger charge is 2.21. The smallest absolute Gasteiger partial charge is 0.119 e. The van der Waals surface area contributed by atoms with Gasteiger partial charge in [0.1, 0.15) is 11.3 Å². The van der Waals surface area contributed by atoms with Crippen LogP contribution in [-0.4, -0.2) is 18.7 Å². The zero-order chi connectivity index (χ0) is 14.8. The molecule has 0 bridgehead atoms. The van der Waals surface area contributed by atoms with Crippen molar-refractivity contribution in [1.29, 1.82) is 5.26 Å². The van der Waals surface area contributed by atoms with E-state index < -0.39 is 5.54 Å². The normalized spacial score (nSPS) is 13.5. The first kappa shape index (κ1) is 16.5. The van der Waals surface area contributed by atoms with Gasteiger partial charge < -0.3 is 4.74 Å². The van der Waals surface area contributed by atoms with Gasteiger partial charge in [0.25, 0.3) is 0 Å². The zero-order valence-corrected chi connectivity index (χ0v) is 12.9. The van der Waals surface area contributed by atoms with Crippen LogP contribution in [0.5, 0.6) is 5.75 Å². The van der Waals surface area contributed by atoms with Crippen molar-refractivity contribution < 1.29 is 4.74 Å². The Morgan fingerprint density at radius 1 is 1.25 bits per heavy atom. The largest absolute Gasteiger partial charge is 0.493 e. The number of nitriles is 1. The molecule has 1 atom stereocenters. The number of hydrogen-bond acceptors (Lipinski definition) is 3. The van der Waals surface area contributed by atoms with Crippen LogP contribution < -0.4 is 10.1 Å². The van der Waals surface area contributed by atoms with Gasteiger partial charge in [-0.1, -0.05) is 32.4 Å². The minimum absolute atomic E-state index is 0.504. The standard InChI is InChI=1S/C17H26N2O/c1-4-6-7-15-8-10-16(11-9-15)20-13-12-17(3,14-18)19-5-2/h8-11,19H,4-7,12-13H2,1-3H3. The quantitative estimate of drug-likeness (QED) is 0.747. The molecule has 0 radical (unpaired) electrons. The Morgan fingerprint density at radius 2 is 1.95 bits per heavy atom. The summed E-state index contributed by atoms with van der Waals surface area (Å²) in [6, 6.07) is 10.6. The summed E-state index contributed by atoms with van der Waals surface area (Å²) in [6.07, 6.45) is 4.25. The fourth-order valence-electron chi connectivity index (χ4n) is 2.08. The summed E-state index contributed by atoms with van der Waals surface area (Å²) in [4.78, 5) is 0. The second kappa shape index (κ2) is 8.60. The second-order valence-electron chi connectivity index (χ2n) is 5.32. The number of nitrogens with one attached hydrogen (secondary N) is 1. The highest BCUT2D eigenvalue weighted by atomic mass is 16.5. The molecule has 110 valence electrons. The number of hydrogen-bond donors (Lipinski definition) is 1. The van der Waals surface area contributed by atoms with Crippen molar-refractivity contribution in [2.24, 2.45) is 0 Å². The topological polar surface area (TPSA) is 45.0 Å². The van der Waals surface area contributed by atoms with Gasteiger partial charge in [0.2, 0.25) is 0 Å². The maximum absolute atomic E-state index is 9.16. The number of benzene rings is 1. The van der Waals surface area contributed by atoms with E-state index in [4.69, 9.17) is 10.00 Å². The van der Waals surface area contributed by atoms with Crippen molar-refractivity contribution in [1.82, 2.24) is 5.32 Å². The molecular weight excluding hydrogens is 248 g/mol. The van der Waals surface area contributed by atoms with Crippen molar-refractivity contribution in [3.05, 3.63) is 29.8 Å². The van der Waals surface area contributed by atoms with Gasteiger partial charge in [-0.15, -0.1) is 0 Å². The van der Waals surface area contributed by atoms with E-state index in [1.807, 2.05) is 26.0 Å². The highest BCUT2D eigenvalue weighted by Crippen LogP contribution is 2.15. The first-order valence-corrected chi connectivity index (χ1v) is 7.51. The van der Waals surface area contributed by atoms with Crippen LogP contribution >= 0.6 is 0 Å². The van der Waals surface area contributed by atoms with Crippen LogP contribution in [0.15, 0.2) is 24.3 Å². The molecule has 0 heterocycles. The highest BCUT2D eigenvalue weighted by molar-refractivity contribution is 5.27. The first-order chi connectivity index (χ1) is 9.63. The summed E-state index contributed by atoms with van der Waals surface area (Å²) in [7, 11) is 0. The summed E-state index contributed by atoms with van der Waals surface area (Å²) in [6.45, 7) is 7.45.